The minimum Gasteiger partial charge on any atom is -0.458 e. The zero-order valence-electron chi connectivity index (χ0n) is 15.5. The molecule has 4 heteroatoms. The first-order valence-corrected chi connectivity index (χ1v) is 9.71. The molecule has 0 bridgehead atoms. The lowest BCUT2D eigenvalue weighted by Crippen LogP contribution is -2.54. The third kappa shape index (κ3) is 2.36. The summed E-state index contributed by atoms with van der Waals surface area (Å²) in [6.45, 7) is 5.86. The van der Waals surface area contributed by atoms with Gasteiger partial charge in [0.25, 0.3) is 0 Å². The van der Waals surface area contributed by atoms with Gasteiger partial charge >= 0.3 is 5.97 Å². The SMILES string of the molecule is CC(=O)OC1C[C@@H]2[C@@H](CC[C@]3(C)C(=O)CC[C@@H]23)[C@@]2(C)CCC(=O)C=C12. The molecule has 0 radical (unpaired) electrons. The van der Waals surface area contributed by atoms with Crippen LogP contribution in [-0.4, -0.2) is 23.6 Å². The third-order valence-electron chi connectivity index (χ3n) is 7.97. The number of esters is 1. The van der Waals surface area contributed by atoms with Crippen molar-refractivity contribution in [1.29, 1.82) is 0 Å². The van der Waals surface area contributed by atoms with Crippen LogP contribution in [0.2, 0.25) is 0 Å². The fourth-order valence-corrected chi connectivity index (χ4v) is 6.66. The van der Waals surface area contributed by atoms with E-state index >= 15 is 0 Å². The minimum absolute atomic E-state index is 0.0795. The maximum atomic E-state index is 12.5. The molecule has 1 unspecified atom stereocenters. The van der Waals surface area contributed by atoms with E-state index < -0.39 is 0 Å². The Bertz CT molecular complexity index is 677. The van der Waals surface area contributed by atoms with Crippen LogP contribution in [0, 0.1) is 28.6 Å². The normalized spacial score (nSPS) is 46.0. The second-order valence-electron chi connectivity index (χ2n) is 9.11. The number of ketones is 2. The quantitative estimate of drug-likeness (QED) is 0.682. The van der Waals surface area contributed by atoms with E-state index in [2.05, 4.69) is 13.8 Å². The van der Waals surface area contributed by atoms with Gasteiger partial charge < -0.3 is 4.74 Å². The van der Waals surface area contributed by atoms with Gasteiger partial charge in [-0.15, -0.1) is 0 Å². The van der Waals surface area contributed by atoms with Gasteiger partial charge in [0.2, 0.25) is 0 Å². The number of rotatable bonds is 1. The number of ether oxygens (including phenoxy) is 1. The average molecular weight is 344 g/mol. The molecule has 4 aliphatic rings. The Labute approximate surface area is 149 Å². The van der Waals surface area contributed by atoms with Gasteiger partial charge in [-0.3, -0.25) is 14.4 Å². The molecular weight excluding hydrogens is 316 g/mol. The largest absolute Gasteiger partial charge is 0.458 e. The van der Waals surface area contributed by atoms with E-state index in [0.29, 0.717) is 36.4 Å². The molecule has 0 aromatic heterocycles. The summed E-state index contributed by atoms with van der Waals surface area (Å²) >= 11 is 0. The van der Waals surface area contributed by atoms with E-state index in [0.717, 1.165) is 37.7 Å². The molecule has 4 aliphatic carbocycles. The Morgan fingerprint density at radius 1 is 1.08 bits per heavy atom. The first kappa shape index (κ1) is 17.0. The molecule has 0 N–H and O–H groups in total. The lowest BCUT2D eigenvalue weighted by Gasteiger charge is -2.58. The van der Waals surface area contributed by atoms with Gasteiger partial charge in [-0.2, -0.15) is 0 Å². The predicted octanol–water partition coefficient (Wildman–Crippen LogP) is 3.63. The number of carbonyl (C=O) groups excluding carboxylic acids is 3. The van der Waals surface area contributed by atoms with Gasteiger partial charge in [0.05, 0.1) is 0 Å². The van der Waals surface area contributed by atoms with Crippen LogP contribution in [0.25, 0.3) is 0 Å². The summed E-state index contributed by atoms with van der Waals surface area (Å²) in [6.07, 6.45) is 7.33. The third-order valence-corrected chi connectivity index (χ3v) is 7.97. The second kappa shape index (κ2) is 5.52. The number of fused-ring (bicyclic) bond motifs is 5. The summed E-state index contributed by atoms with van der Waals surface area (Å²) in [5.74, 6) is 1.58. The van der Waals surface area contributed by atoms with Crippen molar-refractivity contribution in [3.63, 3.8) is 0 Å². The predicted molar refractivity (Wildman–Crippen MR) is 92.7 cm³/mol. The van der Waals surface area contributed by atoms with Crippen LogP contribution in [-0.2, 0) is 19.1 Å². The Hall–Kier alpha value is -1.45. The molecular formula is C21H28O4. The van der Waals surface area contributed by atoms with Gasteiger partial charge in [-0.25, -0.2) is 0 Å². The average Bonchev–Trinajstić information content (AvgIpc) is 2.84. The van der Waals surface area contributed by atoms with Gasteiger partial charge in [0.15, 0.2) is 5.78 Å². The van der Waals surface area contributed by atoms with Crippen molar-refractivity contribution in [3.05, 3.63) is 11.6 Å². The standard InChI is InChI=1S/C21H28O4/c1-12(22)25-18-11-14-15-4-5-19(24)21(15,3)9-7-16(14)20(2)8-6-13(23)10-17(18)20/h10,14-16,18H,4-9,11H2,1-3H3/t14-,15-,16+,18?,20+,21-/m0/s1. The molecule has 0 aromatic rings. The van der Waals surface area contributed by atoms with Gasteiger partial charge in [-0.05, 0) is 66.9 Å². The van der Waals surface area contributed by atoms with Crippen LogP contribution in [0.5, 0.6) is 0 Å². The molecule has 0 saturated heterocycles. The Morgan fingerprint density at radius 2 is 1.80 bits per heavy atom. The van der Waals surface area contributed by atoms with E-state index in [1.165, 1.54) is 6.92 Å². The highest BCUT2D eigenvalue weighted by molar-refractivity contribution is 5.92. The van der Waals surface area contributed by atoms with E-state index in [1.807, 2.05) is 0 Å². The van der Waals surface area contributed by atoms with Crippen molar-refractivity contribution in [3.8, 4) is 0 Å². The van der Waals surface area contributed by atoms with Gasteiger partial charge in [0.1, 0.15) is 11.9 Å². The minimum atomic E-state index is -0.300. The Morgan fingerprint density at radius 3 is 2.52 bits per heavy atom. The van der Waals surface area contributed by atoms with Gasteiger partial charge in [0, 0.05) is 25.2 Å². The molecule has 0 heterocycles. The molecule has 4 rings (SSSR count). The first-order chi connectivity index (χ1) is 11.8. The van der Waals surface area contributed by atoms with Crippen LogP contribution in [0.1, 0.15) is 65.7 Å². The van der Waals surface area contributed by atoms with Crippen LogP contribution >= 0.6 is 0 Å². The number of hydrogen-bond acceptors (Lipinski definition) is 4. The summed E-state index contributed by atoms with van der Waals surface area (Å²) in [4.78, 5) is 36.3. The summed E-state index contributed by atoms with van der Waals surface area (Å²) in [5.41, 5.74) is 0.765. The monoisotopic (exact) mass is 344 g/mol. The van der Waals surface area contributed by atoms with Crippen LogP contribution < -0.4 is 0 Å². The first-order valence-electron chi connectivity index (χ1n) is 9.71. The zero-order valence-corrected chi connectivity index (χ0v) is 15.5. The molecule has 0 aromatic carbocycles. The van der Waals surface area contributed by atoms with E-state index in [-0.39, 0.29) is 28.7 Å². The summed E-state index contributed by atoms with van der Waals surface area (Å²) in [7, 11) is 0. The van der Waals surface area contributed by atoms with Crippen LogP contribution in [0.3, 0.4) is 0 Å². The fourth-order valence-electron chi connectivity index (χ4n) is 6.66. The molecule has 3 fully saturated rings. The maximum absolute atomic E-state index is 12.5. The molecule has 136 valence electrons. The van der Waals surface area contributed by atoms with Crippen LogP contribution in [0.15, 0.2) is 11.6 Å². The van der Waals surface area contributed by atoms with E-state index in [1.54, 1.807) is 6.08 Å². The second-order valence-corrected chi connectivity index (χ2v) is 9.11. The van der Waals surface area contributed by atoms with Crippen molar-refractivity contribution in [2.75, 3.05) is 0 Å². The van der Waals surface area contributed by atoms with Crippen molar-refractivity contribution >= 4 is 17.5 Å². The van der Waals surface area contributed by atoms with Crippen LogP contribution in [0.4, 0.5) is 0 Å². The molecule has 4 nitrogen and oxygen atoms in total. The highest BCUT2D eigenvalue weighted by atomic mass is 16.5. The molecule has 0 aliphatic heterocycles. The molecule has 25 heavy (non-hydrogen) atoms. The number of carbonyl (C=O) groups is 3. The smallest absolute Gasteiger partial charge is 0.303 e. The van der Waals surface area contributed by atoms with Crippen molar-refractivity contribution in [2.24, 2.45) is 28.6 Å². The topological polar surface area (TPSA) is 60.4 Å². The van der Waals surface area contributed by atoms with E-state index in [4.69, 9.17) is 4.74 Å². The molecule has 6 atom stereocenters. The Balaban J connectivity index is 1.75. The fraction of sp³-hybridized carbons (Fsp3) is 0.762. The highest BCUT2D eigenvalue weighted by Gasteiger charge is 2.61. The lowest BCUT2D eigenvalue weighted by atomic mass is 9.47. The summed E-state index contributed by atoms with van der Waals surface area (Å²) in [6, 6.07) is 0. The van der Waals surface area contributed by atoms with Crippen molar-refractivity contribution in [2.45, 2.75) is 71.8 Å². The molecule has 0 amide bonds. The molecule has 0 spiro atoms. The number of Topliss-reactive ketones (excluding diaryl/α,β-unsaturated/α-hetero) is 1. The Kier molecular flexibility index (Phi) is 3.75. The zero-order chi connectivity index (χ0) is 18.0. The summed E-state index contributed by atoms with van der Waals surface area (Å²) in [5, 5.41) is 0. The number of hydrogen-bond donors (Lipinski definition) is 0. The lowest BCUT2D eigenvalue weighted by molar-refractivity contribution is -0.154. The van der Waals surface area contributed by atoms with Crippen molar-refractivity contribution in [1.82, 2.24) is 0 Å². The van der Waals surface area contributed by atoms with E-state index in [9.17, 15) is 14.4 Å². The van der Waals surface area contributed by atoms with Gasteiger partial charge in [-0.1, -0.05) is 13.8 Å². The maximum Gasteiger partial charge on any atom is 0.303 e. The van der Waals surface area contributed by atoms with Crippen molar-refractivity contribution < 1.29 is 19.1 Å². The molecule has 3 saturated carbocycles. The highest BCUT2D eigenvalue weighted by Crippen LogP contribution is 2.64. The summed E-state index contributed by atoms with van der Waals surface area (Å²) < 4.78 is 5.69.